The number of rotatable bonds is 5. The molecule has 0 aliphatic carbocycles. The fourth-order valence-corrected chi connectivity index (χ4v) is 1.70. The summed E-state index contributed by atoms with van der Waals surface area (Å²) in [6, 6.07) is 4.61. The first-order valence-electron chi connectivity index (χ1n) is 4.52. The van der Waals surface area contributed by atoms with Gasteiger partial charge in [-0.25, -0.2) is 0 Å². The zero-order chi connectivity index (χ0) is 9.68. The highest BCUT2D eigenvalue weighted by Crippen LogP contribution is 2.08. The van der Waals surface area contributed by atoms with Crippen LogP contribution in [0.1, 0.15) is 18.7 Å². The Bertz CT molecular complexity index is 223. The van der Waals surface area contributed by atoms with Gasteiger partial charge in [-0.05, 0) is 25.3 Å². The lowest BCUT2D eigenvalue weighted by atomic mass is 10.2. The molecule has 0 bridgehead atoms. The Labute approximate surface area is 83.9 Å². The van der Waals surface area contributed by atoms with Gasteiger partial charge in [0.15, 0.2) is 0 Å². The lowest BCUT2D eigenvalue weighted by Crippen LogP contribution is -2.35. The third-order valence-electron chi connectivity index (χ3n) is 2.25. The molecule has 0 saturated heterocycles. The maximum atomic E-state index is 5.22. The van der Waals surface area contributed by atoms with E-state index in [1.165, 1.54) is 4.88 Å². The molecule has 1 heterocycles. The van der Waals surface area contributed by atoms with Crippen molar-refractivity contribution in [1.29, 1.82) is 0 Å². The molecular weight excluding hydrogens is 182 g/mol. The van der Waals surface area contributed by atoms with E-state index in [1.807, 2.05) is 0 Å². The average Bonchev–Trinajstić information content (AvgIpc) is 2.65. The molecule has 0 amide bonds. The Balaban J connectivity index is 2.26. The van der Waals surface area contributed by atoms with Gasteiger partial charge in [0.05, 0.1) is 6.10 Å². The molecule has 1 N–H and O–H groups in total. The molecule has 3 heteroatoms. The van der Waals surface area contributed by atoms with Crippen molar-refractivity contribution < 1.29 is 4.74 Å². The lowest BCUT2D eigenvalue weighted by molar-refractivity contribution is 0.0883. The van der Waals surface area contributed by atoms with E-state index >= 15 is 0 Å². The molecular formula is C10H17NOS. The van der Waals surface area contributed by atoms with E-state index in [0.29, 0.717) is 6.04 Å². The van der Waals surface area contributed by atoms with Gasteiger partial charge in [0.2, 0.25) is 0 Å². The Morgan fingerprint density at radius 1 is 1.54 bits per heavy atom. The normalized spacial score (nSPS) is 15.6. The summed E-state index contributed by atoms with van der Waals surface area (Å²) in [7, 11) is 1.74. The quantitative estimate of drug-likeness (QED) is 0.785. The summed E-state index contributed by atoms with van der Waals surface area (Å²) in [6.07, 6.45) is 0.264. The van der Waals surface area contributed by atoms with Crippen molar-refractivity contribution in [3.05, 3.63) is 22.4 Å². The second-order valence-corrected chi connectivity index (χ2v) is 4.22. The smallest absolute Gasteiger partial charge is 0.0693 e. The van der Waals surface area contributed by atoms with Crippen LogP contribution < -0.4 is 5.32 Å². The number of nitrogens with one attached hydrogen (secondary N) is 1. The molecule has 2 atom stereocenters. The molecule has 1 aromatic rings. The summed E-state index contributed by atoms with van der Waals surface area (Å²) in [6.45, 7) is 5.15. The Morgan fingerprint density at radius 3 is 2.85 bits per heavy atom. The maximum absolute atomic E-state index is 5.22. The fourth-order valence-electron chi connectivity index (χ4n) is 1.04. The molecule has 0 saturated carbocycles. The van der Waals surface area contributed by atoms with E-state index in [-0.39, 0.29) is 6.10 Å². The highest BCUT2D eigenvalue weighted by Gasteiger charge is 2.09. The number of hydrogen-bond acceptors (Lipinski definition) is 3. The molecule has 0 aromatic carbocycles. The molecule has 0 spiro atoms. The zero-order valence-electron chi connectivity index (χ0n) is 8.41. The Kier molecular flexibility index (Phi) is 4.42. The molecule has 0 aliphatic heterocycles. The minimum Gasteiger partial charge on any atom is -0.380 e. The first kappa shape index (κ1) is 10.7. The summed E-state index contributed by atoms with van der Waals surface area (Å²) in [5.41, 5.74) is 0. The summed E-state index contributed by atoms with van der Waals surface area (Å²) in [5, 5.41) is 5.52. The molecule has 2 nitrogen and oxygen atoms in total. The summed E-state index contributed by atoms with van der Waals surface area (Å²) >= 11 is 1.78. The second-order valence-electron chi connectivity index (χ2n) is 3.19. The third kappa shape index (κ3) is 3.46. The Morgan fingerprint density at radius 2 is 2.31 bits per heavy atom. The van der Waals surface area contributed by atoms with E-state index in [4.69, 9.17) is 4.74 Å². The van der Waals surface area contributed by atoms with Crippen LogP contribution in [0.4, 0.5) is 0 Å². The van der Waals surface area contributed by atoms with Gasteiger partial charge in [-0.1, -0.05) is 6.07 Å². The van der Waals surface area contributed by atoms with E-state index in [2.05, 4.69) is 36.7 Å². The number of thiophene rings is 1. The second kappa shape index (κ2) is 5.37. The molecule has 0 fully saturated rings. The van der Waals surface area contributed by atoms with Crippen LogP contribution in [0, 0.1) is 0 Å². The first-order valence-corrected chi connectivity index (χ1v) is 5.40. The first-order chi connectivity index (χ1) is 6.24. The predicted molar refractivity (Wildman–Crippen MR) is 57.1 cm³/mol. The minimum absolute atomic E-state index is 0.264. The van der Waals surface area contributed by atoms with Crippen molar-refractivity contribution in [3.8, 4) is 0 Å². The van der Waals surface area contributed by atoms with Crippen LogP contribution in [0.2, 0.25) is 0 Å². The highest BCUT2D eigenvalue weighted by molar-refractivity contribution is 7.09. The van der Waals surface area contributed by atoms with Crippen LogP contribution in [0.15, 0.2) is 17.5 Å². The van der Waals surface area contributed by atoms with Crippen molar-refractivity contribution >= 4 is 11.3 Å². The van der Waals surface area contributed by atoms with Gasteiger partial charge in [0, 0.05) is 24.6 Å². The van der Waals surface area contributed by atoms with Crippen LogP contribution in [-0.2, 0) is 11.3 Å². The standard InChI is InChI=1S/C10H17NOS/c1-8(9(2)12-3)11-7-10-5-4-6-13-10/h4-6,8-9,11H,7H2,1-3H3. The molecule has 1 aromatic heterocycles. The Hall–Kier alpha value is -0.380. The zero-order valence-corrected chi connectivity index (χ0v) is 9.23. The van der Waals surface area contributed by atoms with Crippen molar-refractivity contribution in [2.75, 3.05) is 7.11 Å². The van der Waals surface area contributed by atoms with Gasteiger partial charge in [0.25, 0.3) is 0 Å². The van der Waals surface area contributed by atoms with E-state index in [9.17, 15) is 0 Å². The molecule has 0 radical (unpaired) electrons. The highest BCUT2D eigenvalue weighted by atomic mass is 32.1. The summed E-state index contributed by atoms with van der Waals surface area (Å²) in [4.78, 5) is 1.37. The molecule has 1 rings (SSSR count). The largest absolute Gasteiger partial charge is 0.380 e. The van der Waals surface area contributed by atoms with Crippen molar-refractivity contribution in [3.63, 3.8) is 0 Å². The molecule has 13 heavy (non-hydrogen) atoms. The van der Waals surface area contributed by atoms with E-state index in [0.717, 1.165) is 6.54 Å². The number of hydrogen-bond donors (Lipinski definition) is 1. The molecule has 74 valence electrons. The summed E-state index contributed by atoms with van der Waals surface area (Å²) < 4.78 is 5.22. The monoisotopic (exact) mass is 199 g/mol. The van der Waals surface area contributed by atoms with Gasteiger partial charge in [-0.2, -0.15) is 0 Å². The number of methoxy groups -OCH3 is 1. The van der Waals surface area contributed by atoms with Gasteiger partial charge in [-0.3, -0.25) is 0 Å². The van der Waals surface area contributed by atoms with Crippen LogP contribution in [0.5, 0.6) is 0 Å². The summed E-state index contributed by atoms with van der Waals surface area (Å²) in [5.74, 6) is 0. The van der Waals surface area contributed by atoms with Crippen molar-refractivity contribution in [2.24, 2.45) is 0 Å². The van der Waals surface area contributed by atoms with Crippen LogP contribution in [0.25, 0.3) is 0 Å². The van der Waals surface area contributed by atoms with Crippen LogP contribution >= 0.6 is 11.3 Å². The average molecular weight is 199 g/mol. The van der Waals surface area contributed by atoms with E-state index < -0.39 is 0 Å². The topological polar surface area (TPSA) is 21.3 Å². The van der Waals surface area contributed by atoms with E-state index in [1.54, 1.807) is 18.4 Å². The predicted octanol–water partition coefficient (Wildman–Crippen LogP) is 2.26. The van der Waals surface area contributed by atoms with Crippen LogP contribution in [-0.4, -0.2) is 19.3 Å². The van der Waals surface area contributed by atoms with Gasteiger partial charge in [-0.15, -0.1) is 11.3 Å². The minimum atomic E-state index is 0.264. The lowest BCUT2D eigenvalue weighted by Gasteiger charge is -2.19. The van der Waals surface area contributed by atoms with Gasteiger partial charge in [0.1, 0.15) is 0 Å². The SMILES string of the molecule is COC(C)C(C)NCc1cccs1. The fraction of sp³-hybridized carbons (Fsp3) is 0.600. The van der Waals surface area contributed by atoms with Crippen LogP contribution in [0.3, 0.4) is 0 Å². The van der Waals surface area contributed by atoms with Crippen molar-refractivity contribution in [2.45, 2.75) is 32.5 Å². The molecule has 0 aliphatic rings. The molecule has 2 unspecified atom stereocenters. The third-order valence-corrected chi connectivity index (χ3v) is 3.13. The maximum Gasteiger partial charge on any atom is 0.0693 e. The van der Waals surface area contributed by atoms with Crippen molar-refractivity contribution in [1.82, 2.24) is 5.32 Å². The van der Waals surface area contributed by atoms with Gasteiger partial charge >= 0.3 is 0 Å². The van der Waals surface area contributed by atoms with Gasteiger partial charge < -0.3 is 10.1 Å². The number of ether oxygens (including phenoxy) is 1.